The quantitative estimate of drug-likeness (QED) is 0.456. The Morgan fingerprint density at radius 1 is 1.36 bits per heavy atom. The van der Waals surface area contributed by atoms with E-state index in [2.05, 4.69) is 4.99 Å². The first-order valence-electron chi connectivity index (χ1n) is 3.03. The molecule has 0 aliphatic heterocycles. The highest BCUT2D eigenvalue weighted by Gasteiger charge is 2.41. The van der Waals surface area contributed by atoms with Gasteiger partial charge in [0.05, 0.1) is 0 Å². The van der Waals surface area contributed by atoms with Crippen molar-refractivity contribution in [3.05, 3.63) is 0 Å². The minimum absolute atomic E-state index is 0.726. The Morgan fingerprint density at radius 2 is 1.82 bits per heavy atom. The first kappa shape index (κ1) is 10.2. The fourth-order valence-electron chi connectivity index (χ4n) is 0.657. The second-order valence-corrected chi connectivity index (χ2v) is 2.45. The zero-order valence-electron chi connectivity index (χ0n) is 6.14. The number of aliphatic imine (C=N–C) groups is 1. The molecule has 0 N–H and O–H groups in total. The van der Waals surface area contributed by atoms with Crippen molar-refractivity contribution >= 4 is 6.08 Å². The molecule has 5 heteroatoms. The fraction of sp³-hybridized carbons (Fsp3) is 0.833. The molecule has 0 radical (unpaired) electrons. The van der Waals surface area contributed by atoms with Crippen molar-refractivity contribution in [1.82, 2.24) is 0 Å². The number of carbonyl (C=O) groups excluding carboxylic acids is 1. The van der Waals surface area contributed by atoms with Crippen LogP contribution in [-0.2, 0) is 4.79 Å². The van der Waals surface area contributed by atoms with E-state index in [1.165, 1.54) is 13.8 Å². The van der Waals surface area contributed by atoms with Crippen LogP contribution in [0.15, 0.2) is 4.99 Å². The maximum absolute atomic E-state index is 11.9. The van der Waals surface area contributed by atoms with Gasteiger partial charge in [-0.25, -0.2) is 4.79 Å². The minimum Gasteiger partial charge on any atom is -0.211 e. The van der Waals surface area contributed by atoms with Crippen LogP contribution in [0.4, 0.5) is 13.2 Å². The van der Waals surface area contributed by atoms with Crippen LogP contribution in [-0.4, -0.2) is 18.3 Å². The summed E-state index contributed by atoms with van der Waals surface area (Å²) in [4.78, 5) is 12.2. The lowest BCUT2D eigenvalue weighted by Crippen LogP contribution is -2.31. The normalized spacial score (nSPS) is 14.4. The van der Waals surface area contributed by atoms with Crippen molar-refractivity contribution in [1.29, 1.82) is 0 Å². The van der Waals surface area contributed by atoms with Gasteiger partial charge in [-0.05, 0) is 5.92 Å². The Bertz CT molecular complexity index is 169. The topological polar surface area (TPSA) is 29.4 Å². The molecule has 0 fully saturated rings. The number of hydrogen-bond donors (Lipinski definition) is 0. The third-order valence-electron chi connectivity index (χ3n) is 1.16. The van der Waals surface area contributed by atoms with Gasteiger partial charge in [0.1, 0.15) is 0 Å². The number of hydrogen-bond acceptors (Lipinski definition) is 2. The van der Waals surface area contributed by atoms with Crippen molar-refractivity contribution < 1.29 is 18.0 Å². The first-order valence-corrected chi connectivity index (χ1v) is 3.03. The van der Waals surface area contributed by atoms with Gasteiger partial charge in [-0.2, -0.15) is 18.2 Å². The van der Waals surface area contributed by atoms with E-state index in [1.54, 1.807) is 0 Å². The summed E-state index contributed by atoms with van der Waals surface area (Å²) in [5.74, 6) is -0.726. The molecule has 0 saturated carbocycles. The van der Waals surface area contributed by atoms with Crippen molar-refractivity contribution in [2.45, 2.75) is 26.1 Å². The molecule has 0 spiro atoms. The second kappa shape index (κ2) is 3.53. The number of nitrogens with zero attached hydrogens (tertiary/aromatic N) is 1. The Kier molecular flexibility index (Phi) is 3.26. The van der Waals surface area contributed by atoms with Gasteiger partial charge < -0.3 is 0 Å². The van der Waals surface area contributed by atoms with E-state index in [0.29, 0.717) is 0 Å². The summed E-state index contributed by atoms with van der Waals surface area (Å²) in [5.41, 5.74) is 0. The van der Waals surface area contributed by atoms with Crippen LogP contribution >= 0.6 is 0 Å². The van der Waals surface area contributed by atoms with Gasteiger partial charge in [0.2, 0.25) is 6.08 Å². The van der Waals surface area contributed by atoms with Gasteiger partial charge in [0.15, 0.2) is 6.04 Å². The molecule has 0 aromatic heterocycles. The molecule has 2 nitrogen and oxygen atoms in total. The van der Waals surface area contributed by atoms with Gasteiger partial charge in [0.25, 0.3) is 0 Å². The Balaban J connectivity index is 4.47. The third-order valence-corrected chi connectivity index (χ3v) is 1.16. The second-order valence-electron chi connectivity index (χ2n) is 2.45. The molecular weight excluding hydrogens is 159 g/mol. The summed E-state index contributed by atoms with van der Waals surface area (Å²) in [6.45, 7) is 2.69. The minimum atomic E-state index is -4.44. The standard InChI is InChI=1S/C6H8F3NO/c1-4(2)5(10-3-11)6(7,8)9/h4-5H,1-2H3/t5-/m1/s1. The summed E-state index contributed by atoms with van der Waals surface area (Å²) < 4.78 is 35.7. The summed E-state index contributed by atoms with van der Waals surface area (Å²) in [5, 5.41) is 0. The smallest absolute Gasteiger partial charge is 0.211 e. The average molecular weight is 167 g/mol. The molecule has 0 aromatic rings. The van der Waals surface area contributed by atoms with Crippen molar-refractivity contribution in [2.24, 2.45) is 10.9 Å². The first-order chi connectivity index (χ1) is 4.89. The van der Waals surface area contributed by atoms with E-state index in [0.717, 1.165) is 6.08 Å². The van der Waals surface area contributed by atoms with E-state index >= 15 is 0 Å². The van der Waals surface area contributed by atoms with Crippen molar-refractivity contribution in [3.63, 3.8) is 0 Å². The highest BCUT2D eigenvalue weighted by atomic mass is 19.4. The molecule has 64 valence electrons. The SMILES string of the molecule is CC(C)[C@@H](N=C=O)C(F)(F)F. The number of halogens is 3. The molecule has 0 saturated heterocycles. The van der Waals surface area contributed by atoms with Crippen LogP contribution in [0.25, 0.3) is 0 Å². The molecule has 0 bridgehead atoms. The van der Waals surface area contributed by atoms with E-state index in [1.807, 2.05) is 0 Å². The predicted octanol–water partition coefficient (Wildman–Crippen LogP) is 1.91. The number of isocyanates is 1. The van der Waals surface area contributed by atoms with E-state index in [4.69, 9.17) is 0 Å². The lowest BCUT2D eigenvalue weighted by Gasteiger charge is -2.17. The maximum Gasteiger partial charge on any atom is 0.411 e. The molecule has 0 unspecified atom stereocenters. The lowest BCUT2D eigenvalue weighted by atomic mass is 10.1. The number of alkyl halides is 3. The molecule has 0 aliphatic rings. The third kappa shape index (κ3) is 3.18. The van der Waals surface area contributed by atoms with E-state index in [9.17, 15) is 18.0 Å². The molecule has 0 heterocycles. The average Bonchev–Trinajstić information content (AvgIpc) is 1.79. The van der Waals surface area contributed by atoms with Crippen LogP contribution in [0, 0.1) is 5.92 Å². The van der Waals surface area contributed by atoms with Crippen LogP contribution in [0.3, 0.4) is 0 Å². The van der Waals surface area contributed by atoms with Gasteiger partial charge >= 0.3 is 6.18 Å². The Labute approximate surface area is 62.1 Å². The summed E-state index contributed by atoms with van der Waals surface area (Å²) in [6, 6.07) is -1.92. The van der Waals surface area contributed by atoms with Crippen LogP contribution in [0.1, 0.15) is 13.8 Å². The van der Waals surface area contributed by atoms with Crippen LogP contribution in [0.2, 0.25) is 0 Å². The largest absolute Gasteiger partial charge is 0.411 e. The Morgan fingerprint density at radius 3 is 1.91 bits per heavy atom. The predicted molar refractivity (Wildman–Crippen MR) is 32.8 cm³/mol. The molecule has 0 aromatic carbocycles. The Hall–Kier alpha value is -0.830. The summed E-state index contributed by atoms with van der Waals surface area (Å²) in [6.07, 6.45) is -3.53. The van der Waals surface area contributed by atoms with Gasteiger partial charge in [-0.15, -0.1) is 0 Å². The van der Waals surface area contributed by atoms with Crippen molar-refractivity contribution in [3.8, 4) is 0 Å². The van der Waals surface area contributed by atoms with Gasteiger partial charge in [-0.1, -0.05) is 13.8 Å². The maximum atomic E-state index is 11.9. The number of rotatable bonds is 2. The molecular formula is C6H8F3NO. The zero-order valence-corrected chi connectivity index (χ0v) is 6.14. The van der Waals surface area contributed by atoms with Crippen LogP contribution in [0.5, 0.6) is 0 Å². The molecule has 1 atom stereocenters. The summed E-state index contributed by atoms with van der Waals surface area (Å²) in [7, 11) is 0. The lowest BCUT2D eigenvalue weighted by molar-refractivity contribution is -0.155. The molecule has 0 rings (SSSR count). The van der Waals surface area contributed by atoms with Crippen molar-refractivity contribution in [2.75, 3.05) is 0 Å². The highest BCUT2D eigenvalue weighted by molar-refractivity contribution is 5.33. The van der Waals surface area contributed by atoms with E-state index < -0.39 is 18.1 Å². The monoisotopic (exact) mass is 167 g/mol. The zero-order chi connectivity index (χ0) is 9.07. The van der Waals surface area contributed by atoms with Gasteiger partial charge in [-0.3, -0.25) is 0 Å². The van der Waals surface area contributed by atoms with E-state index in [-0.39, 0.29) is 0 Å². The fourth-order valence-corrected chi connectivity index (χ4v) is 0.657. The van der Waals surface area contributed by atoms with Crippen LogP contribution < -0.4 is 0 Å². The molecule has 11 heavy (non-hydrogen) atoms. The van der Waals surface area contributed by atoms with Gasteiger partial charge in [0, 0.05) is 0 Å². The highest BCUT2D eigenvalue weighted by Crippen LogP contribution is 2.27. The summed E-state index contributed by atoms with van der Waals surface area (Å²) >= 11 is 0. The molecule has 0 amide bonds. The molecule has 0 aliphatic carbocycles.